The lowest BCUT2D eigenvalue weighted by atomic mass is 9.83. The minimum absolute atomic E-state index is 0.247. The maximum atomic E-state index is 13.1. The van der Waals surface area contributed by atoms with Crippen molar-refractivity contribution >= 4 is 6.08 Å². The smallest absolute Gasteiger partial charge is 0.163 e. The van der Waals surface area contributed by atoms with Crippen molar-refractivity contribution in [1.82, 2.24) is 9.78 Å². The van der Waals surface area contributed by atoms with Gasteiger partial charge in [0.1, 0.15) is 11.4 Å². The summed E-state index contributed by atoms with van der Waals surface area (Å²) in [5.41, 5.74) is 3.62. The van der Waals surface area contributed by atoms with E-state index >= 15 is 0 Å². The Balaban J connectivity index is 1.63. The van der Waals surface area contributed by atoms with Crippen LogP contribution in [0.2, 0.25) is 0 Å². The predicted octanol–water partition coefficient (Wildman–Crippen LogP) is 2.89. The minimum Gasteiger partial charge on any atom is -0.344 e. The van der Waals surface area contributed by atoms with Gasteiger partial charge in [0.05, 0.1) is 17.6 Å². The van der Waals surface area contributed by atoms with E-state index in [1.807, 2.05) is 10.9 Å². The van der Waals surface area contributed by atoms with E-state index in [9.17, 15) is 4.39 Å². The Kier molecular flexibility index (Phi) is 2.04. The summed E-state index contributed by atoms with van der Waals surface area (Å²) in [5.74, 6) is 2.60. The van der Waals surface area contributed by atoms with Crippen molar-refractivity contribution in [1.29, 1.82) is 0 Å². The Morgan fingerprint density at radius 3 is 2.86 bits per heavy atom. The molecule has 2 fully saturated rings. The summed E-state index contributed by atoms with van der Waals surface area (Å²) >= 11 is 0. The number of halogens is 1. The van der Waals surface area contributed by atoms with Crippen LogP contribution in [0.4, 0.5) is 4.39 Å². The van der Waals surface area contributed by atoms with Crippen molar-refractivity contribution in [3.05, 3.63) is 53.1 Å². The molecule has 2 heterocycles. The largest absolute Gasteiger partial charge is 0.344 e. The minimum atomic E-state index is -0.394. The highest BCUT2D eigenvalue weighted by atomic mass is 19.1. The standard InChI is InChI=1S/C18H13FN2O/c1-2-17-8-7-13-9-16-12(10-18(13,17)22-17)11-20-21(16)15-5-3-14(19)4-6-15/h1,3-6,9,11H,7-8,10H2. The molecular weight excluding hydrogens is 279 g/mol. The number of rotatable bonds is 1. The van der Waals surface area contributed by atoms with Gasteiger partial charge in [-0.15, -0.1) is 6.42 Å². The number of hydrogen-bond donors (Lipinski definition) is 0. The monoisotopic (exact) mass is 292 g/mol. The molecule has 2 aliphatic carbocycles. The fourth-order valence-electron chi connectivity index (χ4n) is 3.96. The quantitative estimate of drug-likeness (QED) is 0.597. The molecule has 22 heavy (non-hydrogen) atoms. The van der Waals surface area contributed by atoms with Crippen LogP contribution < -0.4 is 0 Å². The molecular formula is C18H13FN2O. The van der Waals surface area contributed by atoms with E-state index in [0.29, 0.717) is 0 Å². The van der Waals surface area contributed by atoms with Gasteiger partial charge in [-0.1, -0.05) is 5.92 Å². The topological polar surface area (TPSA) is 30.4 Å². The number of epoxide rings is 1. The number of aromatic nitrogens is 2. The highest BCUT2D eigenvalue weighted by molar-refractivity contribution is 5.68. The number of fused-ring (bicyclic) bond motifs is 1. The lowest BCUT2D eigenvalue weighted by Crippen LogP contribution is -2.25. The molecule has 1 aromatic heterocycles. The third-order valence-electron chi connectivity index (χ3n) is 5.17. The Labute approximate surface area is 127 Å². The molecule has 5 rings (SSSR count). The third kappa shape index (κ3) is 1.28. The number of nitrogens with zero attached hydrogens (tertiary/aromatic N) is 2. The van der Waals surface area contributed by atoms with Gasteiger partial charge in [0, 0.05) is 12.0 Å². The van der Waals surface area contributed by atoms with Crippen molar-refractivity contribution in [2.24, 2.45) is 0 Å². The van der Waals surface area contributed by atoms with E-state index in [2.05, 4.69) is 17.1 Å². The van der Waals surface area contributed by atoms with Crippen LogP contribution >= 0.6 is 0 Å². The fraction of sp³-hybridized carbons (Fsp3) is 0.278. The second-order valence-electron chi connectivity index (χ2n) is 6.19. The second kappa shape index (κ2) is 3.68. The van der Waals surface area contributed by atoms with Crippen molar-refractivity contribution < 1.29 is 9.13 Å². The highest BCUT2D eigenvalue weighted by Gasteiger charge is 2.75. The zero-order valence-corrected chi connectivity index (χ0v) is 11.8. The van der Waals surface area contributed by atoms with Gasteiger partial charge in [-0.05, 0) is 48.8 Å². The maximum Gasteiger partial charge on any atom is 0.163 e. The molecule has 0 bridgehead atoms. The van der Waals surface area contributed by atoms with Crippen LogP contribution in [-0.4, -0.2) is 21.0 Å². The molecule has 2 atom stereocenters. The second-order valence-corrected chi connectivity index (χ2v) is 6.19. The van der Waals surface area contributed by atoms with Crippen LogP contribution in [0.1, 0.15) is 24.1 Å². The van der Waals surface area contributed by atoms with Gasteiger partial charge in [0.25, 0.3) is 0 Å². The lowest BCUT2D eigenvalue weighted by molar-refractivity contribution is 0.271. The fourth-order valence-corrected chi connectivity index (χ4v) is 3.96. The van der Waals surface area contributed by atoms with Gasteiger partial charge in [-0.3, -0.25) is 0 Å². The summed E-state index contributed by atoms with van der Waals surface area (Å²) in [6.45, 7) is 0. The van der Waals surface area contributed by atoms with Crippen molar-refractivity contribution in [3.63, 3.8) is 0 Å². The lowest BCUT2D eigenvalue weighted by Gasteiger charge is -2.19. The molecule has 1 spiro atoms. The molecule has 1 aromatic carbocycles. The van der Waals surface area contributed by atoms with E-state index < -0.39 is 5.60 Å². The van der Waals surface area contributed by atoms with Crippen LogP contribution in [0.15, 0.2) is 36.0 Å². The zero-order valence-electron chi connectivity index (χ0n) is 11.8. The summed E-state index contributed by atoms with van der Waals surface area (Å²) in [7, 11) is 0. The van der Waals surface area contributed by atoms with E-state index in [0.717, 1.165) is 36.2 Å². The zero-order chi connectivity index (χ0) is 14.9. The van der Waals surface area contributed by atoms with Gasteiger partial charge in [-0.2, -0.15) is 5.10 Å². The number of hydrogen-bond acceptors (Lipinski definition) is 2. The summed E-state index contributed by atoms with van der Waals surface area (Å²) < 4.78 is 20.9. The molecule has 4 heteroatoms. The first-order valence-electron chi connectivity index (χ1n) is 7.39. The average molecular weight is 292 g/mol. The molecule has 1 saturated heterocycles. The van der Waals surface area contributed by atoms with Crippen LogP contribution in [0.5, 0.6) is 0 Å². The van der Waals surface area contributed by atoms with Gasteiger partial charge in [0.15, 0.2) is 5.60 Å². The molecule has 0 N–H and O–H groups in total. The Morgan fingerprint density at radius 1 is 1.32 bits per heavy atom. The molecule has 0 amide bonds. The number of benzene rings is 1. The van der Waals surface area contributed by atoms with Crippen molar-refractivity contribution in [2.75, 3.05) is 0 Å². The van der Waals surface area contributed by atoms with E-state index in [1.165, 1.54) is 17.7 Å². The normalized spacial score (nSPS) is 30.8. The molecule has 3 aliphatic rings. The van der Waals surface area contributed by atoms with Crippen LogP contribution in [-0.2, 0) is 11.2 Å². The first kappa shape index (κ1) is 12.2. The third-order valence-corrected chi connectivity index (χ3v) is 5.17. The Morgan fingerprint density at radius 2 is 2.14 bits per heavy atom. The van der Waals surface area contributed by atoms with Crippen LogP contribution in [0.3, 0.4) is 0 Å². The first-order chi connectivity index (χ1) is 10.7. The first-order valence-corrected chi connectivity index (χ1v) is 7.39. The van der Waals surface area contributed by atoms with Crippen molar-refractivity contribution in [2.45, 2.75) is 30.5 Å². The van der Waals surface area contributed by atoms with Gasteiger partial charge in [0.2, 0.25) is 0 Å². The van der Waals surface area contributed by atoms with E-state index in [-0.39, 0.29) is 11.4 Å². The van der Waals surface area contributed by atoms with Crippen molar-refractivity contribution in [3.8, 4) is 18.0 Å². The molecule has 108 valence electrons. The van der Waals surface area contributed by atoms with Crippen LogP contribution in [0.25, 0.3) is 11.8 Å². The molecule has 3 nitrogen and oxygen atoms in total. The summed E-state index contributed by atoms with van der Waals surface area (Å²) in [6, 6.07) is 6.37. The molecule has 1 saturated carbocycles. The van der Waals surface area contributed by atoms with E-state index in [1.54, 1.807) is 12.1 Å². The van der Waals surface area contributed by atoms with Gasteiger partial charge < -0.3 is 4.74 Å². The maximum absolute atomic E-state index is 13.1. The average Bonchev–Trinajstić information content (AvgIpc) is 2.84. The van der Waals surface area contributed by atoms with E-state index in [4.69, 9.17) is 11.2 Å². The Hall–Kier alpha value is -2.38. The SMILES string of the molecule is C#CC12CCC3=Cc4c(cnn4-c4ccc(F)cc4)CC31O2. The summed E-state index contributed by atoms with van der Waals surface area (Å²) in [6.07, 6.45) is 12.3. The highest BCUT2D eigenvalue weighted by Crippen LogP contribution is 2.65. The molecule has 1 aliphatic heterocycles. The summed E-state index contributed by atoms with van der Waals surface area (Å²) in [4.78, 5) is 0. The van der Waals surface area contributed by atoms with Crippen LogP contribution in [0, 0.1) is 18.2 Å². The number of ether oxygens (including phenoxy) is 1. The molecule has 0 radical (unpaired) electrons. The molecule has 2 aromatic rings. The number of terminal acetylenes is 1. The van der Waals surface area contributed by atoms with Gasteiger partial charge in [-0.25, -0.2) is 9.07 Å². The Bertz CT molecular complexity index is 873. The molecule has 2 unspecified atom stereocenters. The summed E-state index contributed by atoms with van der Waals surface area (Å²) in [5, 5.41) is 4.47. The predicted molar refractivity (Wildman–Crippen MR) is 79.8 cm³/mol. The van der Waals surface area contributed by atoms with Gasteiger partial charge >= 0.3 is 0 Å².